The molecule has 0 aliphatic heterocycles. The molecule has 0 aliphatic carbocycles. The average Bonchev–Trinajstić information content (AvgIpc) is 2.45. The van der Waals surface area contributed by atoms with Crippen molar-refractivity contribution in [3.8, 4) is 0 Å². The van der Waals surface area contributed by atoms with Crippen molar-refractivity contribution in [2.45, 2.75) is 51.6 Å². The molecule has 0 saturated heterocycles. The Hall–Kier alpha value is -1.58. The molecule has 0 unspecified atom stereocenters. The van der Waals surface area contributed by atoms with Crippen LogP contribution < -0.4 is 0 Å². The van der Waals surface area contributed by atoms with Crippen molar-refractivity contribution in [3.63, 3.8) is 0 Å². The summed E-state index contributed by atoms with van der Waals surface area (Å²) in [7, 11) is 0. The molecule has 0 amide bonds. The molecule has 1 aromatic rings. The maximum absolute atomic E-state index is 12.4. The molecule has 21 heavy (non-hydrogen) atoms. The SMILES string of the molecule is CCCCCCC/C(C=O)=C\c1ccc(C(F)(F)F)cc1. The first-order chi connectivity index (χ1) is 9.97. The van der Waals surface area contributed by atoms with Crippen molar-refractivity contribution < 1.29 is 18.0 Å². The Morgan fingerprint density at radius 1 is 1.05 bits per heavy atom. The Labute approximate surface area is 123 Å². The van der Waals surface area contributed by atoms with Gasteiger partial charge in [-0.1, -0.05) is 44.7 Å². The van der Waals surface area contributed by atoms with Crippen LogP contribution in [0.4, 0.5) is 13.2 Å². The Morgan fingerprint density at radius 3 is 2.19 bits per heavy atom. The van der Waals surface area contributed by atoms with Crippen LogP contribution in [0.1, 0.15) is 56.6 Å². The lowest BCUT2D eigenvalue weighted by Crippen LogP contribution is -2.04. The smallest absolute Gasteiger partial charge is 0.298 e. The summed E-state index contributed by atoms with van der Waals surface area (Å²) in [6.07, 6.45) is 4.33. The molecule has 0 spiro atoms. The highest BCUT2D eigenvalue weighted by Crippen LogP contribution is 2.29. The van der Waals surface area contributed by atoms with Crippen LogP contribution in [0.3, 0.4) is 0 Å². The molecule has 1 nitrogen and oxygen atoms in total. The van der Waals surface area contributed by atoms with E-state index in [0.717, 1.165) is 37.7 Å². The average molecular weight is 298 g/mol. The van der Waals surface area contributed by atoms with E-state index in [1.54, 1.807) is 6.08 Å². The highest BCUT2D eigenvalue weighted by Gasteiger charge is 2.29. The van der Waals surface area contributed by atoms with Gasteiger partial charge in [0.15, 0.2) is 0 Å². The lowest BCUT2D eigenvalue weighted by atomic mass is 10.0. The van der Waals surface area contributed by atoms with E-state index in [1.165, 1.54) is 25.0 Å². The van der Waals surface area contributed by atoms with Gasteiger partial charge in [0.05, 0.1) is 5.56 Å². The van der Waals surface area contributed by atoms with Gasteiger partial charge in [-0.25, -0.2) is 0 Å². The molecule has 0 atom stereocenters. The van der Waals surface area contributed by atoms with Crippen molar-refractivity contribution in [1.82, 2.24) is 0 Å². The predicted octanol–water partition coefficient (Wildman–Crippen LogP) is 5.65. The number of unbranched alkanes of at least 4 members (excludes halogenated alkanes) is 4. The molecule has 0 radical (unpaired) electrons. The van der Waals surface area contributed by atoms with Crippen molar-refractivity contribution in [1.29, 1.82) is 0 Å². The number of alkyl halides is 3. The summed E-state index contributed by atoms with van der Waals surface area (Å²) in [5.41, 5.74) is 0.580. The lowest BCUT2D eigenvalue weighted by molar-refractivity contribution is -0.137. The summed E-state index contributed by atoms with van der Waals surface area (Å²) in [6.45, 7) is 2.14. The normalized spacial score (nSPS) is 12.5. The minimum absolute atomic E-state index is 0.624. The van der Waals surface area contributed by atoms with Crippen LogP contribution in [-0.4, -0.2) is 6.29 Å². The predicted molar refractivity (Wildman–Crippen MR) is 78.9 cm³/mol. The number of allylic oxidation sites excluding steroid dienone is 1. The van der Waals surface area contributed by atoms with Gasteiger partial charge in [-0.05, 0) is 42.2 Å². The fraction of sp³-hybridized carbons (Fsp3) is 0.471. The quantitative estimate of drug-likeness (QED) is 0.344. The van der Waals surface area contributed by atoms with Crippen LogP contribution in [0.15, 0.2) is 29.8 Å². The van der Waals surface area contributed by atoms with Crippen LogP contribution in [0.2, 0.25) is 0 Å². The fourth-order valence-electron chi connectivity index (χ4n) is 2.08. The third-order valence-corrected chi connectivity index (χ3v) is 3.31. The van der Waals surface area contributed by atoms with Crippen molar-refractivity contribution in [3.05, 3.63) is 41.0 Å². The summed E-state index contributed by atoms with van der Waals surface area (Å²) in [5.74, 6) is 0. The Balaban J connectivity index is 2.59. The second kappa shape index (κ2) is 8.65. The molecule has 0 fully saturated rings. The second-order valence-corrected chi connectivity index (χ2v) is 5.12. The van der Waals surface area contributed by atoms with Gasteiger partial charge in [0.25, 0.3) is 0 Å². The number of rotatable bonds is 8. The van der Waals surface area contributed by atoms with E-state index < -0.39 is 11.7 Å². The van der Waals surface area contributed by atoms with Gasteiger partial charge in [-0.15, -0.1) is 0 Å². The van der Waals surface area contributed by atoms with E-state index in [0.29, 0.717) is 17.6 Å². The first-order valence-corrected chi connectivity index (χ1v) is 7.30. The van der Waals surface area contributed by atoms with Gasteiger partial charge in [0, 0.05) is 0 Å². The third-order valence-electron chi connectivity index (χ3n) is 3.31. The molecular weight excluding hydrogens is 277 g/mol. The maximum Gasteiger partial charge on any atom is 0.416 e. The molecule has 4 heteroatoms. The number of halogens is 3. The Morgan fingerprint density at radius 2 is 1.67 bits per heavy atom. The highest BCUT2D eigenvalue weighted by atomic mass is 19.4. The first kappa shape index (κ1) is 17.5. The molecule has 116 valence electrons. The number of aldehydes is 1. The summed E-state index contributed by atoms with van der Waals surface area (Å²) in [5, 5.41) is 0. The maximum atomic E-state index is 12.4. The molecule has 1 aromatic carbocycles. The molecule has 1 rings (SSSR count). The van der Waals surface area contributed by atoms with E-state index in [4.69, 9.17) is 0 Å². The first-order valence-electron chi connectivity index (χ1n) is 7.30. The highest BCUT2D eigenvalue weighted by molar-refractivity contribution is 5.81. The summed E-state index contributed by atoms with van der Waals surface area (Å²) < 4.78 is 37.3. The molecular formula is C17H21F3O. The summed E-state index contributed by atoms with van der Waals surface area (Å²) in [4.78, 5) is 11.0. The number of hydrogen-bond donors (Lipinski definition) is 0. The van der Waals surface area contributed by atoms with Gasteiger partial charge in [-0.3, -0.25) is 4.79 Å². The lowest BCUT2D eigenvalue weighted by Gasteiger charge is -2.06. The van der Waals surface area contributed by atoms with E-state index in [2.05, 4.69) is 6.92 Å². The summed E-state index contributed by atoms with van der Waals surface area (Å²) in [6, 6.07) is 4.86. The number of benzene rings is 1. The van der Waals surface area contributed by atoms with Crippen molar-refractivity contribution in [2.24, 2.45) is 0 Å². The molecule has 0 heterocycles. The monoisotopic (exact) mass is 298 g/mol. The van der Waals surface area contributed by atoms with E-state index in [9.17, 15) is 18.0 Å². The standard InChI is InChI=1S/C17H21F3O/c1-2-3-4-5-6-7-15(13-21)12-14-8-10-16(11-9-14)17(18,19)20/h8-13H,2-7H2,1H3/b15-12+. The van der Waals surface area contributed by atoms with E-state index >= 15 is 0 Å². The Bertz CT molecular complexity index is 458. The Kier molecular flexibility index (Phi) is 7.20. The van der Waals surface area contributed by atoms with Gasteiger partial charge in [-0.2, -0.15) is 13.2 Å². The van der Waals surface area contributed by atoms with E-state index in [1.807, 2.05) is 0 Å². The largest absolute Gasteiger partial charge is 0.416 e. The van der Waals surface area contributed by atoms with Crippen LogP contribution in [0.5, 0.6) is 0 Å². The number of carbonyl (C=O) groups is 1. The van der Waals surface area contributed by atoms with Gasteiger partial charge in [0.2, 0.25) is 0 Å². The van der Waals surface area contributed by atoms with Gasteiger partial charge >= 0.3 is 6.18 Å². The minimum atomic E-state index is -4.32. The van der Waals surface area contributed by atoms with Gasteiger partial charge < -0.3 is 0 Å². The second-order valence-electron chi connectivity index (χ2n) is 5.12. The topological polar surface area (TPSA) is 17.1 Å². The summed E-state index contributed by atoms with van der Waals surface area (Å²) >= 11 is 0. The zero-order valence-corrected chi connectivity index (χ0v) is 12.2. The molecule has 0 N–H and O–H groups in total. The minimum Gasteiger partial charge on any atom is -0.298 e. The van der Waals surface area contributed by atoms with Crippen LogP contribution in [-0.2, 0) is 11.0 Å². The van der Waals surface area contributed by atoms with E-state index in [-0.39, 0.29) is 0 Å². The van der Waals surface area contributed by atoms with Crippen LogP contribution >= 0.6 is 0 Å². The third kappa shape index (κ3) is 6.61. The van der Waals surface area contributed by atoms with Gasteiger partial charge in [0.1, 0.15) is 6.29 Å². The molecule has 0 saturated carbocycles. The van der Waals surface area contributed by atoms with Crippen LogP contribution in [0.25, 0.3) is 6.08 Å². The molecule has 0 aliphatic rings. The number of hydrogen-bond acceptors (Lipinski definition) is 1. The zero-order chi connectivity index (χ0) is 15.7. The van der Waals surface area contributed by atoms with Crippen molar-refractivity contribution in [2.75, 3.05) is 0 Å². The zero-order valence-electron chi connectivity index (χ0n) is 12.2. The fourth-order valence-corrected chi connectivity index (χ4v) is 2.08. The van der Waals surface area contributed by atoms with Crippen LogP contribution in [0, 0.1) is 0 Å². The number of carbonyl (C=O) groups excluding carboxylic acids is 1. The molecule has 0 bridgehead atoms. The van der Waals surface area contributed by atoms with Crippen molar-refractivity contribution >= 4 is 12.4 Å². The molecule has 0 aromatic heterocycles.